The fraction of sp³-hybridized carbons (Fsp3) is 0.321. The smallest absolute Gasteiger partial charge is 0.139 e. The van der Waals surface area contributed by atoms with E-state index in [1.54, 1.807) is 6.07 Å². The maximum absolute atomic E-state index is 12.0. The Labute approximate surface area is 191 Å². The lowest BCUT2D eigenvalue weighted by Gasteiger charge is -2.15. The first-order valence-electron chi connectivity index (χ1n) is 11.2. The Hall–Kier alpha value is -3.27. The first kappa shape index (κ1) is 23.4. The molecule has 3 aromatic rings. The topological polar surface area (TPSA) is 58.6 Å². The highest BCUT2D eigenvalue weighted by molar-refractivity contribution is 5.83. The molecule has 0 aliphatic carbocycles. The molecule has 4 nitrogen and oxygen atoms in total. The van der Waals surface area contributed by atoms with Gasteiger partial charge in [0.1, 0.15) is 23.9 Å². The van der Waals surface area contributed by atoms with Crippen molar-refractivity contribution in [2.45, 2.75) is 53.6 Å². The lowest BCUT2D eigenvalue weighted by atomic mass is 9.98. The summed E-state index contributed by atoms with van der Waals surface area (Å²) in [7, 11) is 0. The molecule has 0 heterocycles. The molecule has 0 aliphatic rings. The molecule has 0 amide bonds. The summed E-state index contributed by atoms with van der Waals surface area (Å²) in [6.45, 7) is 10.3. The van der Waals surface area contributed by atoms with Crippen LogP contribution in [-0.4, -0.2) is 10.9 Å². The maximum atomic E-state index is 12.0. The van der Waals surface area contributed by atoms with Crippen LogP contribution in [0, 0.1) is 12.8 Å². The van der Waals surface area contributed by atoms with Crippen LogP contribution >= 0.6 is 0 Å². The van der Waals surface area contributed by atoms with E-state index < -0.39 is 0 Å². The second-order valence-electron chi connectivity index (χ2n) is 8.89. The summed E-state index contributed by atoms with van der Waals surface area (Å²) in [6, 6.07) is 20.2. The minimum atomic E-state index is -0.0561. The number of hydrogen-bond donors (Lipinski definition) is 2. The number of rotatable bonds is 9. The molecule has 0 aliphatic heterocycles. The highest BCUT2D eigenvalue weighted by Gasteiger charge is 2.15. The number of nitrogens with one attached hydrogen (secondary N) is 1. The van der Waals surface area contributed by atoms with Gasteiger partial charge in [-0.3, -0.25) is 4.79 Å². The summed E-state index contributed by atoms with van der Waals surface area (Å²) in [5, 5.41) is 14.0. The van der Waals surface area contributed by atoms with Gasteiger partial charge < -0.3 is 15.2 Å². The lowest BCUT2D eigenvalue weighted by Crippen LogP contribution is -2.10. The first-order valence-corrected chi connectivity index (χ1v) is 11.2. The van der Waals surface area contributed by atoms with Crippen LogP contribution < -0.4 is 10.1 Å². The zero-order chi connectivity index (χ0) is 23.3. The van der Waals surface area contributed by atoms with Gasteiger partial charge in [0, 0.05) is 34.8 Å². The van der Waals surface area contributed by atoms with E-state index in [1.165, 1.54) is 5.56 Å². The molecular formula is C28H33NO3. The average Bonchev–Trinajstić information content (AvgIpc) is 2.76. The van der Waals surface area contributed by atoms with Crippen LogP contribution in [0.25, 0.3) is 0 Å². The molecule has 2 N–H and O–H groups in total. The summed E-state index contributed by atoms with van der Waals surface area (Å²) in [6.07, 6.45) is 0.232. The van der Waals surface area contributed by atoms with E-state index in [1.807, 2.05) is 45.0 Å². The van der Waals surface area contributed by atoms with Crippen LogP contribution in [0.3, 0.4) is 0 Å². The highest BCUT2D eigenvalue weighted by Crippen LogP contribution is 2.32. The number of anilines is 2. The molecule has 0 unspecified atom stereocenters. The summed E-state index contributed by atoms with van der Waals surface area (Å²) in [5.74, 6) is 1.28. The minimum Gasteiger partial charge on any atom is -0.507 e. The van der Waals surface area contributed by atoms with Gasteiger partial charge >= 0.3 is 0 Å². The van der Waals surface area contributed by atoms with E-state index in [2.05, 4.69) is 49.5 Å². The van der Waals surface area contributed by atoms with E-state index in [4.69, 9.17) is 4.74 Å². The van der Waals surface area contributed by atoms with Crippen molar-refractivity contribution in [3.8, 4) is 11.5 Å². The van der Waals surface area contributed by atoms with E-state index in [0.29, 0.717) is 29.4 Å². The van der Waals surface area contributed by atoms with E-state index in [0.717, 1.165) is 16.9 Å². The molecule has 0 atom stereocenters. The fourth-order valence-electron chi connectivity index (χ4n) is 3.47. The van der Waals surface area contributed by atoms with Crippen molar-refractivity contribution in [2.75, 3.05) is 5.32 Å². The quantitative estimate of drug-likeness (QED) is 0.386. The molecule has 0 fully saturated rings. The molecule has 0 spiro atoms. The van der Waals surface area contributed by atoms with Crippen molar-refractivity contribution >= 4 is 17.2 Å². The van der Waals surface area contributed by atoms with Crippen molar-refractivity contribution in [1.82, 2.24) is 0 Å². The van der Waals surface area contributed by atoms with Crippen LogP contribution in [0.1, 0.15) is 55.9 Å². The van der Waals surface area contributed by atoms with Crippen molar-refractivity contribution in [3.63, 3.8) is 0 Å². The standard InChI is InChI=1S/C28H33NO3/c1-18(2)22-9-7-11-25(15-22)29-24-10-6-8-21(14-24)17-32-27-13-12-23(28(31)20(27)5)16-26(30)19(3)4/h6-15,18-19,29,31H,16-17H2,1-5H3. The van der Waals surface area contributed by atoms with Gasteiger partial charge in [-0.1, -0.05) is 58.0 Å². The predicted octanol–water partition coefficient (Wildman–Crippen LogP) is 6.91. The number of Topliss-reactive ketones (excluding diaryl/α,β-unsaturated/α-hetero) is 1. The van der Waals surface area contributed by atoms with Crippen molar-refractivity contribution in [3.05, 3.63) is 82.9 Å². The number of phenols is 1. The highest BCUT2D eigenvalue weighted by atomic mass is 16.5. The Balaban J connectivity index is 1.68. The van der Waals surface area contributed by atoms with Crippen LogP contribution in [-0.2, 0) is 17.8 Å². The normalized spacial score (nSPS) is 11.1. The Morgan fingerprint density at radius 2 is 1.66 bits per heavy atom. The van der Waals surface area contributed by atoms with Crippen molar-refractivity contribution in [1.29, 1.82) is 0 Å². The third-order valence-corrected chi connectivity index (χ3v) is 5.64. The number of aromatic hydroxyl groups is 1. The Kier molecular flexibility index (Phi) is 7.57. The average molecular weight is 432 g/mol. The minimum absolute atomic E-state index is 0.0561. The van der Waals surface area contributed by atoms with E-state index in [9.17, 15) is 9.90 Å². The van der Waals surface area contributed by atoms with Crippen LogP contribution in [0.4, 0.5) is 11.4 Å². The lowest BCUT2D eigenvalue weighted by molar-refractivity contribution is -0.121. The number of benzene rings is 3. The molecule has 4 heteroatoms. The molecule has 168 valence electrons. The van der Waals surface area contributed by atoms with Gasteiger partial charge in [0.05, 0.1) is 0 Å². The fourth-order valence-corrected chi connectivity index (χ4v) is 3.47. The molecule has 3 aromatic carbocycles. The Morgan fingerprint density at radius 1 is 0.969 bits per heavy atom. The molecule has 0 aromatic heterocycles. The van der Waals surface area contributed by atoms with E-state index in [-0.39, 0.29) is 23.9 Å². The summed E-state index contributed by atoms with van der Waals surface area (Å²) in [5.41, 5.74) is 5.66. The zero-order valence-corrected chi connectivity index (χ0v) is 19.6. The van der Waals surface area contributed by atoms with Gasteiger partial charge in [-0.25, -0.2) is 0 Å². The van der Waals surface area contributed by atoms with E-state index >= 15 is 0 Å². The van der Waals surface area contributed by atoms with Crippen LogP contribution in [0.2, 0.25) is 0 Å². The van der Waals surface area contributed by atoms with Crippen molar-refractivity contribution in [2.24, 2.45) is 5.92 Å². The van der Waals surface area contributed by atoms with Gasteiger partial charge in [-0.2, -0.15) is 0 Å². The second kappa shape index (κ2) is 10.4. The van der Waals surface area contributed by atoms with Crippen molar-refractivity contribution < 1.29 is 14.6 Å². The van der Waals surface area contributed by atoms with Gasteiger partial charge in [-0.15, -0.1) is 0 Å². The zero-order valence-electron chi connectivity index (χ0n) is 19.6. The molecule has 0 saturated heterocycles. The maximum Gasteiger partial charge on any atom is 0.139 e. The molecule has 0 saturated carbocycles. The summed E-state index contributed by atoms with van der Waals surface area (Å²) in [4.78, 5) is 12.0. The van der Waals surface area contributed by atoms with Crippen LogP contribution in [0.15, 0.2) is 60.7 Å². The number of carbonyl (C=O) groups excluding carboxylic acids is 1. The number of ketones is 1. The Morgan fingerprint density at radius 3 is 2.34 bits per heavy atom. The molecule has 3 rings (SSSR count). The second-order valence-corrected chi connectivity index (χ2v) is 8.89. The number of ether oxygens (including phenoxy) is 1. The molecule has 0 bridgehead atoms. The molecule has 32 heavy (non-hydrogen) atoms. The summed E-state index contributed by atoms with van der Waals surface area (Å²) < 4.78 is 5.99. The third-order valence-electron chi connectivity index (χ3n) is 5.64. The van der Waals surface area contributed by atoms with Crippen LogP contribution in [0.5, 0.6) is 11.5 Å². The van der Waals surface area contributed by atoms with Gasteiger partial charge in [-0.05, 0) is 54.3 Å². The third kappa shape index (κ3) is 5.91. The number of carbonyl (C=O) groups is 1. The van der Waals surface area contributed by atoms with Gasteiger partial charge in [0.25, 0.3) is 0 Å². The number of phenolic OH excluding ortho intramolecular Hbond substituents is 1. The summed E-state index contributed by atoms with van der Waals surface area (Å²) >= 11 is 0. The Bertz CT molecular complexity index is 1090. The SMILES string of the molecule is Cc1c(OCc2cccc(Nc3cccc(C(C)C)c3)c2)ccc(CC(=O)C(C)C)c1O. The van der Waals surface area contributed by atoms with Gasteiger partial charge in [0.15, 0.2) is 0 Å². The predicted molar refractivity (Wildman–Crippen MR) is 131 cm³/mol. The largest absolute Gasteiger partial charge is 0.507 e. The molecule has 0 radical (unpaired) electrons. The van der Waals surface area contributed by atoms with Gasteiger partial charge in [0.2, 0.25) is 0 Å². The monoisotopic (exact) mass is 431 g/mol. The molecular weight excluding hydrogens is 398 g/mol. The number of hydrogen-bond acceptors (Lipinski definition) is 4. The first-order chi connectivity index (χ1) is 15.2.